The lowest BCUT2D eigenvalue weighted by molar-refractivity contribution is -0.130. The Morgan fingerprint density at radius 2 is 1.68 bits per heavy atom. The van der Waals surface area contributed by atoms with Crippen LogP contribution in [-0.4, -0.2) is 28.7 Å². The van der Waals surface area contributed by atoms with Crippen LogP contribution in [0.5, 0.6) is 0 Å². The largest absolute Gasteiger partial charge is 0.476 e. The summed E-state index contributed by atoms with van der Waals surface area (Å²) in [4.78, 5) is 27.0. The number of carboxylic acids is 1. The number of ketones is 1. The molecular formula is C14H23NO4. The number of nitrogens with zero attached hydrogens (tertiary/aromatic N) is 1. The van der Waals surface area contributed by atoms with E-state index in [1.807, 2.05) is 0 Å². The molecule has 1 saturated carbocycles. The summed E-state index contributed by atoms with van der Waals surface area (Å²) < 4.78 is 0. The van der Waals surface area contributed by atoms with E-state index in [1.165, 1.54) is 6.92 Å². The summed E-state index contributed by atoms with van der Waals surface area (Å²) >= 11 is 0. The predicted octanol–water partition coefficient (Wildman–Crippen LogP) is 2.64. The van der Waals surface area contributed by atoms with Crippen molar-refractivity contribution in [1.82, 2.24) is 0 Å². The lowest BCUT2D eigenvalue weighted by Gasteiger charge is -2.36. The molecule has 0 aromatic rings. The quantitative estimate of drug-likeness (QED) is 0.483. The maximum absolute atomic E-state index is 11.1. The molecule has 0 bridgehead atoms. The molecule has 0 atom stereocenters. The van der Waals surface area contributed by atoms with Crippen molar-refractivity contribution >= 4 is 17.5 Å². The van der Waals surface area contributed by atoms with Gasteiger partial charge in [0.25, 0.3) is 0 Å². The molecule has 19 heavy (non-hydrogen) atoms. The molecule has 1 aliphatic carbocycles. The SMILES string of the molecule is CC(=O)C(=NO[C@H]1CC[C@H](C(C)(C)C)CC1)C(=O)O. The lowest BCUT2D eigenvalue weighted by Crippen LogP contribution is -2.29. The first kappa shape index (κ1) is 15.7. The molecule has 5 nitrogen and oxygen atoms in total. The maximum atomic E-state index is 11.1. The van der Waals surface area contributed by atoms with Crippen molar-refractivity contribution in [1.29, 1.82) is 0 Å². The molecule has 0 spiro atoms. The van der Waals surface area contributed by atoms with E-state index < -0.39 is 17.5 Å². The van der Waals surface area contributed by atoms with Crippen molar-refractivity contribution in [2.75, 3.05) is 0 Å². The third kappa shape index (κ3) is 4.65. The van der Waals surface area contributed by atoms with Crippen molar-refractivity contribution in [3.05, 3.63) is 0 Å². The van der Waals surface area contributed by atoms with Gasteiger partial charge in [-0.05, 0) is 37.0 Å². The molecule has 0 saturated heterocycles. The molecule has 0 aromatic heterocycles. The van der Waals surface area contributed by atoms with Gasteiger partial charge in [0.1, 0.15) is 6.10 Å². The van der Waals surface area contributed by atoms with E-state index in [1.54, 1.807) is 0 Å². The average molecular weight is 269 g/mol. The third-order valence-corrected chi connectivity index (χ3v) is 3.73. The average Bonchev–Trinajstić information content (AvgIpc) is 2.27. The highest BCUT2D eigenvalue weighted by Crippen LogP contribution is 2.38. The highest BCUT2D eigenvalue weighted by molar-refractivity contribution is 6.63. The summed E-state index contributed by atoms with van der Waals surface area (Å²) in [7, 11) is 0. The smallest absolute Gasteiger partial charge is 0.361 e. The van der Waals surface area contributed by atoms with Gasteiger partial charge in [-0.25, -0.2) is 4.79 Å². The summed E-state index contributed by atoms with van der Waals surface area (Å²) in [5.41, 5.74) is -0.238. The zero-order valence-electron chi connectivity index (χ0n) is 12.1. The van der Waals surface area contributed by atoms with Gasteiger partial charge in [-0.15, -0.1) is 0 Å². The van der Waals surface area contributed by atoms with Crippen LogP contribution in [0.2, 0.25) is 0 Å². The summed E-state index contributed by atoms with van der Waals surface area (Å²) in [5.74, 6) is -1.27. The Morgan fingerprint density at radius 1 is 1.16 bits per heavy atom. The van der Waals surface area contributed by atoms with Gasteiger partial charge in [-0.3, -0.25) is 4.79 Å². The van der Waals surface area contributed by atoms with Gasteiger partial charge >= 0.3 is 5.97 Å². The minimum absolute atomic E-state index is 0.0766. The number of hydrogen-bond donors (Lipinski definition) is 1. The number of carbonyl (C=O) groups is 2. The molecule has 0 heterocycles. The lowest BCUT2D eigenvalue weighted by atomic mass is 9.72. The van der Waals surface area contributed by atoms with Crippen LogP contribution in [0.15, 0.2) is 5.16 Å². The molecule has 5 heteroatoms. The Bertz CT molecular complexity index is 357. The summed E-state index contributed by atoms with van der Waals surface area (Å²) in [6.07, 6.45) is 3.73. The van der Waals surface area contributed by atoms with E-state index in [0.29, 0.717) is 11.3 Å². The van der Waals surface area contributed by atoms with Gasteiger partial charge in [0.05, 0.1) is 0 Å². The second-order valence-corrected chi connectivity index (χ2v) is 6.25. The van der Waals surface area contributed by atoms with Gasteiger partial charge in [0.15, 0.2) is 5.78 Å². The number of rotatable bonds is 4. The van der Waals surface area contributed by atoms with Crippen LogP contribution in [-0.2, 0) is 14.4 Å². The van der Waals surface area contributed by atoms with Crippen LogP contribution in [0.4, 0.5) is 0 Å². The molecule has 1 N–H and O–H groups in total. The number of Topliss-reactive ketones (excluding diaryl/α,β-unsaturated/α-hetero) is 1. The Labute approximate surface area is 114 Å². The standard InChI is InChI=1S/C14H23NO4/c1-9(16)12(13(17)18)15-19-11-7-5-10(6-8-11)14(2,3)4/h10-11H,5-8H2,1-4H3,(H,17,18)/t10-,11-. The molecule has 0 aliphatic heterocycles. The van der Waals surface area contributed by atoms with Gasteiger partial charge in [0.2, 0.25) is 5.71 Å². The molecule has 1 aliphatic rings. The first-order chi connectivity index (χ1) is 8.71. The van der Waals surface area contributed by atoms with Crippen LogP contribution in [0.25, 0.3) is 0 Å². The molecule has 0 aromatic carbocycles. The first-order valence-corrected chi connectivity index (χ1v) is 6.70. The zero-order chi connectivity index (χ0) is 14.6. The van der Waals surface area contributed by atoms with Crippen LogP contribution < -0.4 is 0 Å². The minimum Gasteiger partial charge on any atom is -0.476 e. The first-order valence-electron chi connectivity index (χ1n) is 6.70. The number of oxime groups is 1. The fraction of sp³-hybridized carbons (Fsp3) is 0.786. The Kier molecular flexibility index (Phi) is 5.09. The van der Waals surface area contributed by atoms with Crippen LogP contribution in [0, 0.1) is 11.3 Å². The minimum atomic E-state index is -1.34. The maximum Gasteiger partial charge on any atom is 0.361 e. The van der Waals surface area contributed by atoms with Crippen molar-refractivity contribution in [3.63, 3.8) is 0 Å². The number of hydrogen-bond acceptors (Lipinski definition) is 4. The van der Waals surface area contributed by atoms with Gasteiger partial charge in [-0.1, -0.05) is 25.9 Å². The van der Waals surface area contributed by atoms with Crippen molar-refractivity contribution in [2.45, 2.75) is 59.5 Å². The predicted molar refractivity (Wildman–Crippen MR) is 72.0 cm³/mol. The topological polar surface area (TPSA) is 76.0 Å². The van der Waals surface area contributed by atoms with E-state index in [0.717, 1.165) is 25.7 Å². The van der Waals surface area contributed by atoms with E-state index in [4.69, 9.17) is 9.94 Å². The number of aliphatic carboxylic acids is 1. The van der Waals surface area contributed by atoms with Crippen LogP contribution >= 0.6 is 0 Å². The molecule has 0 unspecified atom stereocenters. The summed E-state index contributed by atoms with van der Waals surface area (Å²) in [5, 5.41) is 12.3. The third-order valence-electron chi connectivity index (χ3n) is 3.73. The fourth-order valence-corrected chi connectivity index (χ4v) is 2.42. The van der Waals surface area contributed by atoms with Crippen LogP contribution in [0.1, 0.15) is 53.4 Å². The van der Waals surface area contributed by atoms with Gasteiger partial charge in [0, 0.05) is 6.92 Å². The van der Waals surface area contributed by atoms with E-state index in [2.05, 4.69) is 25.9 Å². The van der Waals surface area contributed by atoms with Crippen molar-refractivity contribution in [3.8, 4) is 0 Å². The monoisotopic (exact) mass is 269 g/mol. The van der Waals surface area contributed by atoms with Crippen molar-refractivity contribution < 1.29 is 19.5 Å². The van der Waals surface area contributed by atoms with E-state index in [-0.39, 0.29) is 6.10 Å². The number of carboxylic acid groups (broad SMARTS) is 1. The van der Waals surface area contributed by atoms with Crippen molar-refractivity contribution in [2.24, 2.45) is 16.5 Å². The molecule has 1 rings (SSSR count). The zero-order valence-corrected chi connectivity index (χ0v) is 12.1. The fourth-order valence-electron chi connectivity index (χ4n) is 2.42. The van der Waals surface area contributed by atoms with E-state index >= 15 is 0 Å². The highest BCUT2D eigenvalue weighted by Gasteiger charge is 2.30. The molecule has 108 valence electrons. The second-order valence-electron chi connectivity index (χ2n) is 6.25. The summed E-state index contributed by atoms with van der Waals surface area (Å²) in [6.45, 7) is 7.87. The van der Waals surface area contributed by atoms with E-state index in [9.17, 15) is 9.59 Å². The molecule has 0 amide bonds. The van der Waals surface area contributed by atoms with Crippen LogP contribution in [0.3, 0.4) is 0 Å². The van der Waals surface area contributed by atoms with Gasteiger partial charge in [-0.2, -0.15) is 0 Å². The Balaban J connectivity index is 2.52. The van der Waals surface area contributed by atoms with Gasteiger partial charge < -0.3 is 9.94 Å². The Hall–Kier alpha value is -1.39. The normalized spacial score (nSPS) is 24.9. The molecule has 0 radical (unpaired) electrons. The Morgan fingerprint density at radius 3 is 2.05 bits per heavy atom. The number of carbonyl (C=O) groups excluding carboxylic acids is 1. The summed E-state index contributed by atoms with van der Waals surface area (Å²) in [6, 6.07) is 0. The molecule has 1 fully saturated rings. The second kappa shape index (κ2) is 6.17. The highest BCUT2D eigenvalue weighted by atomic mass is 16.6. The molecular weight excluding hydrogens is 246 g/mol.